The molecule has 1 aromatic rings. The average Bonchev–Trinajstić information content (AvgIpc) is 2.30. The van der Waals surface area contributed by atoms with Crippen LogP contribution in [0.3, 0.4) is 0 Å². The molecule has 2 rings (SSSR count). The zero-order chi connectivity index (χ0) is 10.7. The quantitative estimate of drug-likeness (QED) is 0.754. The van der Waals surface area contributed by atoms with E-state index in [-0.39, 0.29) is 0 Å². The van der Waals surface area contributed by atoms with Crippen molar-refractivity contribution in [2.45, 2.75) is 25.1 Å². The van der Waals surface area contributed by atoms with Crippen LogP contribution in [0.15, 0.2) is 30.3 Å². The molecule has 0 radical (unpaired) electrons. The normalized spacial score (nSPS) is 23.3. The van der Waals surface area contributed by atoms with E-state index >= 15 is 0 Å². The van der Waals surface area contributed by atoms with Crippen molar-refractivity contribution in [2.75, 3.05) is 18.8 Å². The lowest BCUT2D eigenvalue weighted by Crippen LogP contribution is -2.39. The third-order valence-corrected chi connectivity index (χ3v) is 4.24. The van der Waals surface area contributed by atoms with Gasteiger partial charge in [-0.05, 0) is 19.4 Å². The zero-order valence-electron chi connectivity index (χ0n) is 9.52. The van der Waals surface area contributed by atoms with Crippen molar-refractivity contribution in [1.29, 1.82) is 0 Å². The van der Waals surface area contributed by atoms with E-state index in [4.69, 9.17) is 0 Å². The first-order valence-corrected chi connectivity index (χ1v) is 6.73. The van der Waals surface area contributed by atoms with Crippen LogP contribution in [0.4, 0.5) is 0 Å². The van der Waals surface area contributed by atoms with E-state index < -0.39 is 0 Å². The predicted molar refractivity (Wildman–Crippen MR) is 68.4 cm³/mol. The topological polar surface area (TPSA) is 3.24 Å². The number of benzene rings is 1. The Kier molecular flexibility index (Phi) is 3.71. The summed E-state index contributed by atoms with van der Waals surface area (Å²) >= 11 is 2.10. The molecule has 1 aliphatic rings. The minimum absolute atomic E-state index is 0.669. The highest BCUT2D eigenvalue weighted by Gasteiger charge is 2.22. The van der Waals surface area contributed by atoms with Crippen LogP contribution >= 0.6 is 11.8 Å². The minimum atomic E-state index is 0.669. The first-order valence-electron chi connectivity index (χ1n) is 5.68. The van der Waals surface area contributed by atoms with Crippen LogP contribution in [0.2, 0.25) is 0 Å². The Morgan fingerprint density at radius 2 is 2.00 bits per heavy atom. The van der Waals surface area contributed by atoms with Crippen molar-refractivity contribution in [2.24, 2.45) is 0 Å². The lowest BCUT2D eigenvalue weighted by molar-refractivity contribution is 0.230. The van der Waals surface area contributed by atoms with Gasteiger partial charge in [-0.25, -0.2) is 0 Å². The fourth-order valence-electron chi connectivity index (χ4n) is 2.01. The van der Waals surface area contributed by atoms with Crippen LogP contribution < -0.4 is 0 Å². The molecule has 1 nitrogen and oxygen atoms in total. The van der Waals surface area contributed by atoms with Gasteiger partial charge in [-0.15, -0.1) is 0 Å². The Morgan fingerprint density at radius 1 is 1.27 bits per heavy atom. The smallest absolute Gasteiger partial charge is 0.0425 e. The number of nitrogens with zero attached hydrogens (tertiary/aromatic N) is 1. The van der Waals surface area contributed by atoms with Crippen LogP contribution in [-0.2, 0) is 0 Å². The molecule has 0 N–H and O–H groups in total. The molecule has 1 atom stereocenters. The average molecular weight is 221 g/mol. The van der Waals surface area contributed by atoms with Crippen molar-refractivity contribution in [3.63, 3.8) is 0 Å². The molecule has 0 aromatic heterocycles. The summed E-state index contributed by atoms with van der Waals surface area (Å²) in [7, 11) is 0. The van der Waals surface area contributed by atoms with Crippen molar-refractivity contribution >= 4 is 11.8 Å². The lowest BCUT2D eigenvalue weighted by atomic mass is 10.1. The molecule has 0 aliphatic carbocycles. The van der Waals surface area contributed by atoms with E-state index in [2.05, 4.69) is 60.8 Å². The molecule has 0 saturated carbocycles. The van der Waals surface area contributed by atoms with Gasteiger partial charge < -0.3 is 0 Å². The maximum atomic E-state index is 2.58. The molecule has 1 fully saturated rings. The summed E-state index contributed by atoms with van der Waals surface area (Å²) < 4.78 is 0. The second-order valence-electron chi connectivity index (χ2n) is 4.36. The van der Waals surface area contributed by atoms with E-state index in [0.717, 1.165) is 0 Å². The molecule has 82 valence electrons. The first-order chi connectivity index (χ1) is 7.27. The highest BCUT2D eigenvalue weighted by atomic mass is 32.2. The van der Waals surface area contributed by atoms with E-state index in [0.29, 0.717) is 11.3 Å². The summed E-state index contributed by atoms with van der Waals surface area (Å²) in [6, 6.07) is 11.6. The lowest BCUT2D eigenvalue weighted by Gasteiger charge is -2.35. The van der Waals surface area contributed by atoms with Gasteiger partial charge in [0.15, 0.2) is 0 Å². The van der Waals surface area contributed by atoms with Gasteiger partial charge in [0.1, 0.15) is 0 Å². The van der Waals surface area contributed by atoms with Gasteiger partial charge in [0, 0.05) is 30.1 Å². The van der Waals surface area contributed by atoms with E-state index in [1.165, 1.54) is 24.4 Å². The van der Waals surface area contributed by atoms with Crippen molar-refractivity contribution in [1.82, 2.24) is 4.90 Å². The van der Waals surface area contributed by atoms with Crippen molar-refractivity contribution in [3.8, 4) is 0 Å². The molecule has 1 saturated heterocycles. The molecule has 0 amide bonds. The minimum Gasteiger partial charge on any atom is -0.299 e. The number of thioether (sulfide) groups is 1. The maximum absolute atomic E-state index is 2.58. The van der Waals surface area contributed by atoms with Crippen LogP contribution in [-0.4, -0.2) is 29.8 Å². The molecule has 15 heavy (non-hydrogen) atoms. The van der Waals surface area contributed by atoms with Gasteiger partial charge in [-0.1, -0.05) is 30.3 Å². The largest absolute Gasteiger partial charge is 0.299 e. The standard InChI is InChI=1S/C13H19NS/c1-11(2)14-8-9-15-13(10-14)12-6-4-3-5-7-12/h3-7,11,13H,8-10H2,1-2H3. The molecule has 1 unspecified atom stereocenters. The number of rotatable bonds is 2. The van der Waals surface area contributed by atoms with Crippen LogP contribution in [0.25, 0.3) is 0 Å². The Hall–Kier alpha value is -0.470. The van der Waals surface area contributed by atoms with E-state index in [9.17, 15) is 0 Å². The first kappa shape index (κ1) is 11.0. The molecule has 0 bridgehead atoms. The predicted octanol–water partition coefficient (Wildman–Crippen LogP) is 3.18. The number of hydrogen-bond donors (Lipinski definition) is 0. The number of hydrogen-bond acceptors (Lipinski definition) is 2. The maximum Gasteiger partial charge on any atom is 0.0425 e. The third kappa shape index (κ3) is 2.76. The van der Waals surface area contributed by atoms with Gasteiger partial charge in [-0.2, -0.15) is 11.8 Å². The van der Waals surface area contributed by atoms with Crippen LogP contribution in [0, 0.1) is 0 Å². The molecular weight excluding hydrogens is 202 g/mol. The van der Waals surface area contributed by atoms with E-state index in [1.807, 2.05) is 0 Å². The van der Waals surface area contributed by atoms with Gasteiger partial charge >= 0.3 is 0 Å². The molecule has 1 aliphatic heterocycles. The second kappa shape index (κ2) is 5.04. The van der Waals surface area contributed by atoms with Crippen LogP contribution in [0.5, 0.6) is 0 Å². The Morgan fingerprint density at radius 3 is 2.67 bits per heavy atom. The zero-order valence-corrected chi connectivity index (χ0v) is 10.3. The Labute approximate surface area is 96.9 Å². The van der Waals surface area contributed by atoms with Crippen molar-refractivity contribution < 1.29 is 0 Å². The Balaban J connectivity index is 2.05. The van der Waals surface area contributed by atoms with Gasteiger partial charge in [0.25, 0.3) is 0 Å². The molecule has 1 heterocycles. The summed E-state index contributed by atoms with van der Waals surface area (Å²) in [5.74, 6) is 1.26. The molecular formula is C13H19NS. The molecule has 0 spiro atoms. The summed E-state index contributed by atoms with van der Waals surface area (Å²) in [5, 5.41) is 0.669. The van der Waals surface area contributed by atoms with Gasteiger partial charge in [0.2, 0.25) is 0 Å². The van der Waals surface area contributed by atoms with Gasteiger partial charge in [-0.3, -0.25) is 4.90 Å². The van der Waals surface area contributed by atoms with Crippen molar-refractivity contribution in [3.05, 3.63) is 35.9 Å². The Bertz CT molecular complexity index is 297. The van der Waals surface area contributed by atoms with Gasteiger partial charge in [0.05, 0.1) is 0 Å². The summed E-state index contributed by atoms with van der Waals surface area (Å²) in [4.78, 5) is 2.58. The fourth-order valence-corrected chi connectivity index (χ4v) is 3.28. The highest BCUT2D eigenvalue weighted by molar-refractivity contribution is 7.99. The fraction of sp³-hybridized carbons (Fsp3) is 0.538. The monoisotopic (exact) mass is 221 g/mol. The summed E-state index contributed by atoms with van der Waals surface area (Å²) in [6.45, 7) is 7.02. The van der Waals surface area contributed by atoms with Crippen LogP contribution in [0.1, 0.15) is 24.7 Å². The third-order valence-electron chi connectivity index (χ3n) is 3.00. The van der Waals surface area contributed by atoms with E-state index in [1.54, 1.807) is 0 Å². The molecule has 1 aromatic carbocycles. The second-order valence-corrected chi connectivity index (χ2v) is 5.67. The summed E-state index contributed by atoms with van der Waals surface area (Å²) in [6.07, 6.45) is 0. The highest BCUT2D eigenvalue weighted by Crippen LogP contribution is 2.33. The summed E-state index contributed by atoms with van der Waals surface area (Å²) in [5.41, 5.74) is 1.48. The molecule has 2 heteroatoms. The SMILES string of the molecule is CC(C)N1CCSC(c2ccccc2)C1.